The first kappa shape index (κ1) is 14.8. The van der Waals surface area contributed by atoms with Crippen molar-refractivity contribution in [3.05, 3.63) is 29.8 Å². The standard InChI is InChI=1S/C12H18N2O3S/c1-2-12(15)10-5-3-6-11(9-10)18(16,17)14-8-4-7-13/h3,5-6,9,14H,2,4,7-8,13H2,1H3. The quantitative estimate of drug-likeness (QED) is 0.569. The Balaban J connectivity index is 2.92. The number of hydrogen-bond acceptors (Lipinski definition) is 4. The fourth-order valence-electron chi connectivity index (χ4n) is 1.43. The summed E-state index contributed by atoms with van der Waals surface area (Å²) in [5.41, 5.74) is 5.71. The molecule has 0 saturated heterocycles. The van der Waals surface area contributed by atoms with E-state index in [0.717, 1.165) is 0 Å². The number of benzene rings is 1. The van der Waals surface area contributed by atoms with E-state index in [1.165, 1.54) is 12.1 Å². The minimum atomic E-state index is -3.55. The van der Waals surface area contributed by atoms with Gasteiger partial charge in [0.1, 0.15) is 0 Å². The van der Waals surface area contributed by atoms with Crippen LogP contribution >= 0.6 is 0 Å². The number of carbonyl (C=O) groups excluding carboxylic acids is 1. The minimum absolute atomic E-state index is 0.0750. The van der Waals surface area contributed by atoms with Gasteiger partial charge in [-0.05, 0) is 25.1 Å². The van der Waals surface area contributed by atoms with Gasteiger partial charge in [0.2, 0.25) is 10.0 Å². The van der Waals surface area contributed by atoms with Gasteiger partial charge in [0.15, 0.2) is 5.78 Å². The molecule has 0 unspecified atom stereocenters. The van der Waals surface area contributed by atoms with Crippen LogP contribution in [0.3, 0.4) is 0 Å². The minimum Gasteiger partial charge on any atom is -0.330 e. The summed E-state index contributed by atoms with van der Waals surface area (Å²) in [4.78, 5) is 11.6. The van der Waals surface area contributed by atoms with E-state index in [2.05, 4.69) is 4.72 Å². The molecule has 0 atom stereocenters. The van der Waals surface area contributed by atoms with Gasteiger partial charge in [0.25, 0.3) is 0 Å². The first-order chi connectivity index (χ1) is 8.51. The zero-order chi connectivity index (χ0) is 13.6. The molecule has 0 aliphatic heterocycles. The molecule has 0 saturated carbocycles. The maximum absolute atomic E-state index is 11.9. The molecule has 1 rings (SSSR count). The molecule has 0 heterocycles. The number of hydrogen-bond donors (Lipinski definition) is 2. The highest BCUT2D eigenvalue weighted by molar-refractivity contribution is 7.89. The van der Waals surface area contributed by atoms with Gasteiger partial charge in [0, 0.05) is 18.5 Å². The van der Waals surface area contributed by atoms with Crippen molar-refractivity contribution in [2.24, 2.45) is 5.73 Å². The largest absolute Gasteiger partial charge is 0.330 e. The van der Waals surface area contributed by atoms with Gasteiger partial charge in [0.05, 0.1) is 4.90 Å². The van der Waals surface area contributed by atoms with Gasteiger partial charge < -0.3 is 5.73 Å². The van der Waals surface area contributed by atoms with E-state index in [1.807, 2.05) is 0 Å². The van der Waals surface area contributed by atoms with Crippen LogP contribution in [0.5, 0.6) is 0 Å². The van der Waals surface area contributed by atoms with Crippen LogP contribution < -0.4 is 10.5 Å². The predicted molar refractivity (Wildman–Crippen MR) is 69.9 cm³/mol. The highest BCUT2D eigenvalue weighted by Crippen LogP contribution is 2.12. The zero-order valence-electron chi connectivity index (χ0n) is 10.3. The molecule has 0 amide bonds. The summed E-state index contributed by atoms with van der Waals surface area (Å²) in [6, 6.07) is 6.05. The third-order valence-electron chi connectivity index (χ3n) is 2.46. The molecule has 100 valence electrons. The van der Waals surface area contributed by atoms with Crippen LogP contribution in [0.4, 0.5) is 0 Å². The van der Waals surface area contributed by atoms with Crippen molar-refractivity contribution in [3.63, 3.8) is 0 Å². The second-order valence-electron chi connectivity index (χ2n) is 3.84. The predicted octanol–water partition coefficient (Wildman–Crippen LogP) is 0.906. The zero-order valence-corrected chi connectivity index (χ0v) is 11.2. The topological polar surface area (TPSA) is 89.3 Å². The summed E-state index contributed by atoms with van der Waals surface area (Å²) < 4.78 is 26.3. The van der Waals surface area contributed by atoms with Gasteiger partial charge in [-0.1, -0.05) is 19.1 Å². The van der Waals surface area contributed by atoms with Crippen molar-refractivity contribution in [2.75, 3.05) is 13.1 Å². The number of sulfonamides is 1. The van der Waals surface area contributed by atoms with Crippen LogP contribution in [-0.2, 0) is 10.0 Å². The molecule has 0 spiro atoms. The van der Waals surface area contributed by atoms with Crippen LogP contribution in [-0.4, -0.2) is 27.3 Å². The van der Waals surface area contributed by atoms with Crippen LogP contribution in [0.15, 0.2) is 29.2 Å². The van der Waals surface area contributed by atoms with Gasteiger partial charge in [-0.2, -0.15) is 0 Å². The van der Waals surface area contributed by atoms with Crippen molar-refractivity contribution in [2.45, 2.75) is 24.7 Å². The molecule has 6 heteroatoms. The number of nitrogens with two attached hydrogens (primary N) is 1. The van der Waals surface area contributed by atoms with Gasteiger partial charge in [-0.15, -0.1) is 0 Å². The molecule has 3 N–H and O–H groups in total. The molecular formula is C12H18N2O3S. The maximum Gasteiger partial charge on any atom is 0.240 e. The summed E-state index contributed by atoms with van der Waals surface area (Å²) in [5, 5.41) is 0. The highest BCUT2D eigenvalue weighted by atomic mass is 32.2. The van der Waals surface area contributed by atoms with E-state index in [9.17, 15) is 13.2 Å². The fraction of sp³-hybridized carbons (Fsp3) is 0.417. The third-order valence-corrected chi connectivity index (χ3v) is 3.92. The first-order valence-electron chi connectivity index (χ1n) is 5.84. The molecule has 1 aromatic rings. The second-order valence-corrected chi connectivity index (χ2v) is 5.61. The van der Waals surface area contributed by atoms with Gasteiger partial charge in [-0.3, -0.25) is 4.79 Å². The van der Waals surface area contributed by atoms with E-state index in [1.54, 1.807) is 19.1 Å². The van der Waals surface area contributed by atoms with E-state index < -0.39 is 10.0 Å². The van der Waals surface area contributed by atoms with Crippen molar-refractivity contribution in [1.29, 1.82) is 0 Å². The summed E-state index contributed by atoms with van der Waals surface area (Å²) >= 11 is 0. The molecule has 0 aromatic heterocycles. The van der Waals surface area contributed by atoms with E-state index in [-0.39, 0.29) is 10.7 Å². The van der Waals surface area contributed by atoms with E-state index in [0.29, 0.717) is 31.5 Å². The maximum atomic E-state index is 11.9. The normalized spacial score (nSPS) is 11.4. The molecule has 5 nitrogen and oxygen atoms in total. The lowest BCUT2D eigenvalue weighted by Gasteiger charge is -2.07. The Morgan fingerprint density at radius 1 is 1.39 bits per heavy atom. The first-order valence-corrected chi connectivity index (χ1v) is 7.32. The summed E-state index contributed by atoms with van der Waals surface area (Å²) in [5.74, 6) is -0.0750. The van der Waals surface area contributed by atoms with Crippen LogP contribution in [0, 0.1) is 0 Å². The Hall–Kier alpha value is -1.24. The summed E-state index contributed by atoms with van der Waals surface area (Å²) in [7, 11) is -3.55. The number of carbonyl (C=O) groups is 1. The average Bonchev–Trinajstić information content (AvgIpc) is 2.38. The monoisotopic (exact) mass is 270 g/mol. The molecule has 18 heavy (non-hydrogen) atoms. The number of nitrogens with one attached hydrogen (secondary N) is 1. The number of rotatable bonds is 7. The molecular weight excluding hydrogens is 252 g/mol. The molecule has 0 aliphatic carbocycles. The van der Waals surface area contributed by atoms with Crippen LogP contribution in [0.2, 0.25) is 0 Å². The number of Topliss-reactive ketones (excluding diaryl/α,β-unsaturated/α-hetero) is 1. The molecule has 0 bridgehead atoms. The van der Waals surface area contributed by atoms with Crippen LogP contribution in [0.1, 0.15) is 30.1 Å². The summed E-state index contributed by atoms with van der Waals surface area (Å²) in [6.45, 7) is 2.46. The lowest BCUT2D eigenvalue weighted by atomic mass is 10.1. The third kappa shape index (κ3) is 3.90. The van der Waals surface area contributed by atoms with Crippen molar-refractivity contribution in [3.8, 4) is 0 Å². The molecule has 0 aliphatic rings. The van der Waals surface area contributed by atoms with Crippen molar-refractivity contribution in [1.82, 2.24) is 4.72 Å². The Labute approximate surface area is 107 Å². The Morgan fingerprint density at radius 3 is 2.72 bits per heavy atom. The lowest BCUT2D eigenvalue weighted by Crippen LogP contribution is -2.26. The average molecular weight is 270 g/mol. The SMILES string of the molecule is CCC(=O)c1cccc(S(=O)(=O)NCCCN)c1. The Bertz CT molecular complexity index is 512. The van der Waals surface area contributed by atoms with Crippen LogP contribution in [0.25, 0.3) is 0 Å². The summed E-state index contributed by atoms with van der Waals surface area (Å²) in [6.07, 6.45) is 0.927. The smallest absolute Gasteiger partial charge is 0.240 e. The van der Waals surface area contributed by atoms with E-state index in [4.69, 9.17) is 5.73 Å². The molecule has 1 aromatic carbocycles. The number of ketones is 1. The second kappa shape index (κ2) is 6.63. The Kier molecular flexibility index (Phi) is 5.46. The molecule has 0 fully saturated rings. The molecule has 0 radical (unpaired) electrons. The fourth-order valence-corrected chi connectivity index (χ4v) is 2.55. The lowest BCUT2D eigenvalue weighted by molar-refractivity contribution is 0.0988. The van der Waals surface area contributed by atoms with Gasteiger partial charge >= 0.3 is 0 Å². The highest BCUT2D eigenvalue weighted by Gasteiger charge is 2.14. The van der Waals surface area contributed by atoms with Crippen molar-refractivity contribution < 1.29 is 13.2 Å². The van der Waals surface area contributed by atoms with E-state index >= 15 is 0 Å². The van der Waals surface area contributed by atoms with Gasteiger partial charge in [-0.25, -0.2) is 13.1 Å². The van der Waals surface area contributed by atoms with Crippen molar-refractivity contribution >= 4 is 15.8 Å². The Morgan fingerprint density at radius 2 is 2.11 bits per heavy atom.